The van der Waals surface area contributed by atoms with Crippen molar-refractivity contribution in [1.82, 2.24) is 5.32 Å². The molecule has 0 saturated heterocycles. The van der Waals surface area contributed by atoms with E-state index in [1.54, 1.807) is 36.4 Å². The van der Waals surface area contributed by atoms with Gasteiger partial charge in [0.05, 0.1) is 17.7 Å². The first kappa shape index (κ1) is 20.2. The molecule has 7 heteroatoms. The Balaban J connectivity index is 1.77. The Bertz CT molecular complexity index is 943. The molecule has 2 N–H and O–H groups in total. The maximum Gasteiger partial charge on any atom is 0.262 e. The maximum atomic E-state index is 12.8. The van der Waals surface area contributed by atoms with Crippen LogP contribution in [-0.2, 0) is 10.0 Å². The topological polar surface area (TPSA) is 84.5 Å². The first-order valence-corrected chi connectivity index (χ1v) is 10.9. The SMILES string of the molecule is COc1ccccc1NS(=O)(=O)c1cccc(C(=O)NC2CCCC(C)C2)c1. The van der Waals surface area contributed by atoms with E-state index in [4.69, 9.17) is 4.74 Å². The van der Waals surface area contributed by atoms with Crippen LogP contribution in [-0.4, -0.2) is 27.5 Å². The number of carbonyl (C=O) groups excluding carboxylic acids is 1. The summed E-state index contributed by atoms with van der Waals surface area (Å²) in [6.45, 7) is 2.19. The van der Waals surface area contributed by atoms with Crippen molar-refractivity contribution in [1.29, 1.82) is 0 Å². The fourth-order valence-electron chi connectivity index (χ4n) is 3.57. The second kappa shape index (κ2) is 8.65. The molecule has 0 heterocycles. The number of hydrogen-bond acceptors (Lipinski definition) is 4. The number of nitrogens with one attached hydrogen (secondary N) is 2. The van der Waals surface area contributed by atoms with Gasteiger partial charge >= 0.3 is 0 Å². The van der Waals surface area contributed by atoms with Crippen molar-refractivity contribution in [3.8, 4) is 5.75 Å². The molecule has 0 aliphatic heterocycles. The highest BCUT2D eigenvalue weighted by Gasteiger charge is 2.22. The van der Waals surface area contributed by atoms with Gasteiger partial charge in [0.1, 0.15) is 5.75 Å². The number of para-hydroxylation sites is 2. The van der Waals surface area contributed by atoms with Crippen LogP contribution in [0.15, 0.2) is 53.4 Å². The van der Waals surface area contributed by atoms with Crippen LogP contribution in [0, 0.1) is 5.92 Å². The summed E-state index contributed by atoms with van der Waals surface area (Å²) in [4.78, 5) is 12.6. The lowest BCUT2D eigenvalue weighted by Gasteiger charge is -2.27. The number of hydrogen-bond donors (Lipinski definition) is 2. The molecule has 6 nitrogen and oxygen atoms in total. The number of amides is 1. The van der Waals surface area contributed by atoms with Gasteiger partial charge in [-0.2, -0.15) is 0 Å². The molecule has 28 heavy (non-hydrogen) atoms. The van der Waals surface area contributed by atoms with Crippen molar-refractivity contribution in [2.45, 2.75) is 43.5 Å². The lowest BCUT2D eigenvalue weighted by molar-refractivity contribution is 0.0921. The minimum absolute atomic E-state index is 0.0306. The average molecular weight is 403 g/mol. The zero-order valence-electron chi connectivity index (χ0n) is 16.1. The second-order valence-electron chi connectivity index (χ2n) is 7.28. The normalized spacial score (nSPS) is 19.6. The highest BCUT2D eigenvalue weighted by atomic mass is 32.2. The fraction of sp³-hybridized carbons (Fsp3) is 0.381. The molecule has 1 fully saturated rings. The molecule has 0 radical (unpaired) electrons. The zero-order valence-corrected chi connectivity index (χ0v) is 17.0. The molecule has 2 atom stereocenters. The summed E-state index contributed by atoms with van der Waals surface area (Å²) < 4.78 is 33.3. The van der Waals surface area contributed by atoms with Gasteiger partial charge in [-0.15, -0.1) is 0 Å². The highest BCUT2D eigenvalue weighted by Crippen LogP contribution is 2.27. The van der Waals surface area contributed by atoms with Crippen LogP contribution in [0.1, 0.15) is 43.0 Å². The monoisotopic (exact) mass is 402 g/mol. The third-order valence-electron chi connectivity index (χ3n) is 5.03. The van der Waals surface area contributed by atoms with Crippen molar-refractivity contribution < 1.29 is 17.9 Å². The molecule has 1 aliphatic carbocycles. The number of carbonyl (C=O) groups is 1. The summed E-state index contributed by atoms with van der Waals surface area (Å²) in [6, 6.07) is 13.0. The highest BCUT2D eigenvalue weighted by molar-refractivity contribution is 7.92. The molecule has 150 valence electrons. The van der Waals surface area contributed by atoms with Crippen LogP contribution in [0.25, 0.3) is 0 Å². The number of ether oxygens (including phenoxy) is 1. The minimum atomic E-state index is -3.85. The maximum absolute atomic E-state index is 12.8. The van der Waals surface area contributed by atoms with Crippen molar-refractivity contribution in [3.05, 3.63) is 54.1 Å². The molecule has 0 spiro atoms. The summed E-state index contributed by atoms with van der Waals surface area (Å²) in [7, 11) is -2.38. The van der Waals surface area contributed by atoms with E-state index in [0.29, 0.717) is 22.9 Å². The standard InChI is InChI=1S/C21H26N2O4S/c1-15-7-5-9-17(13-15)22-21(24)16-8-6-10-18(14-16)28(25,26)23-19-11-3-4-12-20(19)27-2/h3-4,6,8,10-12,14-15,17,23H,5,7,9,13H2,1-2H3,(H,22,24). The average Bonchev–Trinajstić information content (AvgIpc) is 2.68. The lowest BCUT2D eigenvalue weighted by Crippen LogP contribution is -2.38. The number of anilines is 1. The predicted molar refractivity (Wildman–Crippen MR) is 109 cm³/mol. The van der Waals surface area contributed by atoms with Gasteiger partial charge in [0.2, 0.25) is 0 Å². The molecule has 3 rings (SSSR count). The predicted octanol–water partition coefficient (Wildman–Crippen LogP) is 3.80. The van der Waals surface area contributed by atoms with Crippen molar-refractivity contribution in [2.24, 2.45) is 5.92 Å². The summed E-state index contributed by atoms with van der Waals surface area (Å²) in [5, 5.41) is 3.04. The molecule has 1 amide bonds. The Morgan fingerprint density at radius 3 is 2.64 bits per heavy atom. The molecular weight excluding hydrogens is 376 g/mol. The van der Waals surface area contributed by atoms with Gasteiger partial charge in [-0.3, -0.25) is 9.52 Å². The van der Waals surface area contributed by atoms with E-state index in [1.165, 1.54) is 25.7 Å². The molecule has 2 aromatic rings. The molecule has 1 aliphatic rings. The van der Waals surface area contributed by atoms with Crippen LogP contribution >= 0.6 is 0 Å². The largest absolute Gasteiger partial charge is 0.495 e. The smallest absolute Gasteiger partial charge is 0.262 e. The Kier molecular flexibility index (Phi) is 6.24. The number of rotatable bonds is 6. The number of methoxy groups -OCH3 is 1. The van der Waals surface area contributed by atoms with Gasteiger partial charge in [-0.05, 0) is 49.1 Å². The molecule has 2 unspecified atom stereocenters. The van der Waals surface area contributed by atoms with E-state index in [1.807, 2.05) is 0 Å². The van der Waals surface area contributed by atoms with E-state index in [9.17, 15) is 13.2 Å². The molecule has 0 bridgehead atoms. The fourth-order valence-corrected chi connectivity index (χ4v) is 4.69. The summed E-state index contributed by atoms with van der Waals surface area (Å²) >= 11 is 0. The molecule has 1 saturated carbocycles. The Labute approximate surface area is 166 Å². The van der Waals surface area contributed by atoms with E-state index >= 15 is 0 Å². The Morgan fingerprint density at radius 1 is 1.11 bits per heavy atom. The Hall–Kier alpha value is -2.54. The van der Waals surface area contributed by atoms with E-state index in [2.05, 4.69) is 17.0 Å². The van der Waals surface area contributed by atoms with Crippen molar-refractivity contribution in [3.63, 3.8) is 0 Å². The molecular formula is C21H26N2O4S. The first-order chi connectivity index (χ1) is 13.4. The third kappa shape index (κ3) is 4.84. The molecule has 0 aromatic heterocycles. The van der Waals surface area contributed by atoms with Gasteiger partial charge in [0, 0.05) is 11.6 Å². The van der Waals surface area contributed by atoms with Gasteiger partial charge in [0.15, 0.2) is 0 Å². The quantitative estimate of drug-likeness (QED) is 0.770. The molecule has 2 aromatic carbocycles. The van der Waals surface area contributed by atoms with Crippen LogP contribution in [0.2, 0.25) is 0 Å². The van der Waals surface area contributed by atoms with E-state index < -0.39 is 10.0 Å². The summed E-state index contributed by atoms with van der Waals surface area (Å²) in [5.74, 6) is 0.774. The van der Waals surface area contributed by atoms with Gasteiger partial charge in [-0.25, -0.2) is 8.42 Å². The lowest BCUT2D eigenvalue weighted by atomic mass is 9.87. The zero-order chi connectivity index (χ0) is 20.1. The van der Waals surface area contributed by atoms with Crippen molar-refractivity contribution >= 4 is 21.6 Å². The van der Waals surface area contributed by atoms with Crippen LogP contribution in [0.3, 0.4) is 0 Å². The van der Waals surface area contributed by atoms with E-state index in [-0.39, 0.29) is 16.8 Å². The minimum Gasteiger partial charge on any atom is -0.495 e. The van der Waals surface area contributed by atoms with Crippen LogP contribution < -0.4 is 14.8 Å². The third-order valence-corrected chi connectivity index (χ3v) is 6.39. The van der Waals surface area contributed by atoms with Gasteiger partial charge in [-0.1, -0.05) is 38.0 Å². The Morgan fingerprint density at radius 2 is 1.89 bits per heavy atom. The van der Waals surface area contributed by atoms with Crippen LogP contribution in [0.5, 0.6) is 5.75 Å². The second-order valence-corrected chi connectivity index (χ2v) is 8.96. The van der Waals surface area contributed by atoms with Gasteiger partial charge < -0.3 is 10.1 Å². The van der Waals surface area contributed by atoms with Crippen LogP contribution in [0.4, 0.5) is 5.69 Å². The van der Waals surface area contributed by atoms with Gasteiger partial charge in [0.25, 0.3) is 15.9 Å². The first-order valence-electron chi connectivity index (χ1n) is 9.46. The van der Waals surface area contributed by atoms with E-state index in [0.717, 1.165) is 19.3 Å². The van der Waals surface area contributed by atoms with Crippen molar-refractivity contribution in [2.75, 3.05) is 11.8 Å². The summed E-state index contributed by atoms with van der Waals surface area (Å²) in [5.41, 5.74) is 0.678. The number of benzene rings is 2. The summed E-state index contributed by atoms with van der Waals surface area (Å²) in [6.07, 6.45) is 4.21. The number of sulfonamides is 1.